The molecule has 0 fully saturated rings. The fraction of sp³-hybridized carbons (Fsp3) is 0.192. The number of aryl methyl sites for hydroxylation is 1. The van der Waals surface area contributed by atoms with Crippen molar-refractivity contribution in [2.24, 2.45) is 7.05 Å². The Bertz CT molecular complexity index is 1230. The normalized spacial score (nSPS) is 12.9. The van der Waals surface area contributed by atoms with E-state index in [0.29, 0.717) is 6.54 Å². The minimum atomic E-state index is -0.0802. The highest BCUT2D eigenvalue weighted by Crippen LogP contribution is 2.33. The van der Waals surface area contributed by atoms with Crippen molar-refractivity contribution >= 4 is 28.3 Å². The Kier molecular flexibility index (Phi) is 5.18. The first-order chi connectivity index (χ1) is 15.2. The van der Waals surface area contributed by atoms with Crippen LogP contribution in [0.25, 0.3) is 10.9 Å². The molecule has 1 aliphatic rings. The van der Waals surface area contributed by atoms with Gasteiger partial charge in [-0.2, -0.15) is 0 Å². The molecule has 4 aromatic rings. The van der Waals surface area contributed by atoms with Gasteiger partial charge < -0.3 is 15.2 Å². The van der Waals surface area contributed by atoms with Gasteiger partial charge in [0.2, 0.25) is 0 Å². The van der Waals surface area contributed by atoms with E-state index in [9.17, 15) is 4.79 Å². The third-order valence-electron chi connectivity index (χ3n) is 5.91. The zero-order valence-corrected chi connectivity index (χ0v) is 17.6. The molecule has 2 heterocycles. The van der Waals surface area contributed by atoms with Gasteiger partial charge in [-0.1, -0.05) is 42.5 Å². The highest BCUT2D eigenvalue weighted by atomic mass is 16.2. The maximum atomic E-state index is 13.0. The van der Waals surface area contributed by atoms with E-state index in [-0.39, 0.29) is 6.03 Å². The number of urea groups is 1. The first-order valence-corrected chi connectivity index (χ1v) is 10.7. The van der Waals surface area contributed by atoms with Crippen LogP contribution >= 0.6 is 0 Å². The number of carbonyl (C=O) groups excluding carboxylic acids is 1. The number of nitrogens with zero attached hydrogens (tertiary/aromatic N) is 2. The van der Waals surface area contributed by atoms with Gasteiger partial charge >= 0.3 is 6.03 Å². The Morgan fingerprint density at radius 2 is 1.74 bits per heavy atom. The zero-order chi connectivity index (χ0) is 21.2. The first kappa shape index (κ1) is 19.4. The average Bonchev–Trinajstić information content (AvgIpc) is 3.36. The number of hydrogen-bond acceptors (Lipinski definition) is 2. The number of rotatable bonds is 5. The summed E-state index contributed by atoms with van der Waals surface area (Å²) in [5.41, 5.74) is 6.66. The van der Waals surface area contributed by atoms with Gasteiger partial charge in [0, 0.05) is 55.2 Å². The molecule has 0 saturated heterocycles. The molecule has 0 unspecified atom stereocenters. The van der Waals surface area contributed by atoms with Crippen LogP contribution in [0.5, 0.6) is 0 Å². The lowest BCUT2D eigenvalue weighted by molar-refractivity contribution is 0.257. The summed E-state index contributed by atoms with van der Waals surface area (Å²) in [7, 11) is 2.05. The van der Waals surface area contributed by atoms with Crippen molar-refractivity contribution in [3.63, 3.8) is 0 Å². The first-order valence-electron chi connectivity index (χ1n) is 10.7. The van der Waals surface area contributed by atoms with Gasteiger partial charge in [-0.3, -0.25) is 4.90 Å². The summed E-state index contributed by atoms with van der Waals surface area (Å²) in [5, 5.41) is 7.70. The molecule has 0 radical (unpaired) electrons. The summed E-state index contributed by atoms with van der Waals surface area (Å²) in [5.74, 6) is 0. The van der Waals surface area contributed by atoms with E-state index in [4.69, 9.17) is 0 Å². The van der Waals surface area contributed by atoms with Gasteiger partial charge in [0.1, 0.15) is 0 Å². The van der Waals surface area contributed by atoms with E-state index in [1.807, 2.05) is 41.3 Å². The summed E-state index contributed by atoms with van der Waals surface area (Å²) >= 11 is 0. The number of carbonyl (C=O) groups is 1. The Morgan fingerprint density at radius 1 is 0.935 bits per heavy atom. The van der Waals surface area contributed by atoms with Gasteiger partial charge in [-0.25, -0.2) is 4.79 Å². The molecule has 5 rings (SSSR count). The largest absolute Gasteiger partial charge is 0.351 e. The maximum Gasteiger partial charge on any atom is 0.326 e. The van der Waals surface area contributed by atoms with Crippen molar-refractivity contribution in [3.8, 4) is 0 Å². The second kappa shape index (κ2) is 8.28. The second-order valence-electron chi connectivity index (χ2n) is 8.09. The Hall–Kier alpha value is -3.57. The standard InChI is InChI=1S/C26H26N4O/c1-29-12-10-21-16-25-22(15-24(21)29)11-13-30(25)26(31)28-23-9-5-8-20(14-23)18-27-17-19-6-3-2-4-7-19/h2-10,12,14-16,27H,11,13,17-18H2,1H3,(H,28,31). The molecule has 0 spiro atoms. The van der Waals surface area contributed by atoms with Crippen LogP contribution in [0, 0.1) is 0 Å². The minimum absolute atomic E-state index is 0.0802. The van der Waals surface area contributed by atoms with E-state index < -0.39 is 0 Å². The van der Waals surface area contributed by atoms with E-state index in [1.54, 1.807) is 0 Å². The second-order valence-corrected chi connectivity index (χ2v) is 8.09. The van der Waals surface area contributed by atoms with E-state index in [1.165, 1.54) is 16.6 Å². The van der Waals surface area contributed by atoms with Gasteiger partial charge in [0.15, 0.2) is 0 Å². The lowest BCUT2D eigenvalue weighted by Crippen LogP contribution is -2.33. The van der Waals surface area contributed by atoms with Crippen LogP contribution in [0.3, 0.4) is 0 Å². The van der Waals surface area contributed by atoms with Crippen LogP contribution in [0.2, 0.25) is 0 Å². The summed E-state index contributed by atoms with van der Waals surface area (Å²) in [6.45, 7) is 2.27. The molecule has 2 N–H and O–H groups in total. The van der Waals surface area contributed by atoms with Crippen molar-refractivity contribution < 1.29 is 4.79 Å². The maximum absolute atomic E-state index is 13.0. The summed E-state index contributed by atoms with van der Waals surface area (Å²) in [6.07, 6.45) is 2.94. The number of anilines is 2. The van der Waals surface area contributed by atoms with Crippen molar-refractivity contribution in [3.05, 3.63) is 95.7 Å². The van der Waals surface area contributed by atoms with Crippen LogP contribution in [-0.4, -0.2) is 17.1 Å². The number of benzene rings is 3. The molecular formula is C26H26N4O. The summed E-state index contributed by atoms with van der Waals surface area (Å²) < 4.78 is 2.12. The van der Waals surface area contributed by atoms with E-state index in [2.05, 4.69) is 64.8 Å². The van der Waals surface area contributed by atoms with Gasteiger partial charge in [-0.05, 0) is 53.4 Å². The molecule has 156 valence electrons. The zero-order valence-electron chi connectivity index (χ0n) is 17.6. The quantitative estimate of drug-likeness (QED) is 0.483. The fourth-order valence-corrected chi connectivity index (χ4v) is 4.26. The molecule has 0 aliphatic carbocycles. The molecule has 0 saturated carbocycles. The number of fused-ring (bicyclic) bond motifs is 2. The molecule has 5 heteroatoms. The van der Waals surface area contributed by atoms with Crippen molar-refractivity contribution in [2.45, 2.75) is 19.5 Å². The Balaban J connectivity index is 1.25. The highest BCUT2D eigenvalue weighted by Gasteiger charge is 2.25. The highest BCUT2D eigenvalue weighted by molar-refractivity contribution is 6.04. The Labute approximate surface area is 182 Å². The van der Waals surface area contributed by atoms with Crippen LogP contribution < -0.4 is 15.5 Å². The summed E-state index contributed by atoms with van der Waals surface area (Å²) in [4.78, 5) is 14.9. The molecule has 5 nitrogen and oxygen atoms in total. The minimum Gasteiger partial charge on any atom is -0.351 e. The molecule has 31 heavy (non-hydrogen) atoms. The van der Waals surface area contributed by atoms with Gasteiger partial charge in [-0.15, -0.1) is 0 Å². The number of hydrogen-bond donors (Lipinski definition) is 2. The monoisotopic (exact) mass is 410 g/mol. The molecule has 0 bridgehead atoms. The number of amides is 2. The molecule has 1 aliphatic heterocycles. The lowest BCUT2D eigenvalue weighted by Gasteiger charge is -2.19. The van der Waals surface area contributed by atoms with Crippen molar-refractivity contribution in [1.82, 2.24) is 9.88 Å². The number of aromatic nitrogens is 1. The topological polar surface area (TPSA) is 49.3 Å². The van der Waals surface area contributed by atoms with E-state index >= 15 is 0 Å². The summed E-state index contributed by atoms with van der Waals surface area (Å²) in [6, 6.07) is 24.7. The molecule has 1 aromatic heterocycles. The van der Waals surface area contributed by atoms with E-state index in [0.717, 1.165) is 41.8 Å². The predicted octanol–water partition coefficient (Wildman–Crippen LogP) is 5.06. The third kappa shape index (κ3) is 4.05. The molecule has 2 amide bonds. The van der Waals surface area contributed by atoms with Gasteiger partial charge in [0.25, 0.3) is 0 Å². The average molecular weight is 411 g/mol. The number of nitrogens with one attached hydrogen (secondary N) is 2. The van der Waals surface area contributed by atoms with Crippen LogP contribution in [0.4, 0.5) is 16.2 Å². The van der Waals surface area contributed by atoms with Gasteiger partial charge in [0.05, 0.1) is 0 Å². The van der Waals surface area contributed by atoms with Crippen LogP contribution in [0.1, 0.15) is 16.7 Å². The third-order valence-corrected chi connectivity index (χ3v) is 5.91. The van der Waals surface area contributed by atoms with Crippen molar-refractivity contribution in [2.75, 3.05) is 16.8 Å². The molecule has 3 aromatic carbocycles. The predicted molar refractivity (Wildman–Crippen MR) is 126 cm³/mol. The van der Waals surface area contributed by atoms with Crippen molar-refractivity contribution in [1.29, 1.82) is 0 Å². The fourth-order valence-electron chi connectivity index (χ4n) is 4.26. The SMILES string of the molecule is Cn1ccc2cc3c(cc21)CCN3C(=O)Nc1cccc(CNCc2ccccc2)c1. The smallest absolute Gasteiger partial charge is 0.326 e. The molecule has 0 atom stereocenters. The lowest BCUT2D eigenvalue weighted by atomic mass is 10.1. The Morgan fingerprint density at radius 3 is 2.61 bits per heavy atom. The molecular weight excluding hydrogens is 384 g/mol. The van der Waals surface area contributed by atoms with Crippen LogP contribution in [-0.2, 0) is 26.6 Å². The van der Waals surface area contributed by atoms with Crippen LogP contribution in [0.15, 0.2) is 79.0 Å².